The number of piperidine rings is 1. The van der Waals surface area contributed by atoms with Crippen LogP contribution in [0.2, 0.25) is 0 Å². The Morgan fingerprint density at radius 1 is 1.19 bits per heavy atom. The quantitative estimate of drug-likeness (QED) is 0.711. The van der Waals surface area contributed by atoms with Gasteiger partial charge in [-0.15, -0.1) is 0 Å². The van der Waals surface area contributed by atoms with Crippen LogP contribution >= 0.6 is 0 Å². The number of amides is 1. The lowest BCUT2D eigenvalue weighted by Gasteiger charge is -2.30. The first-order chi connectivity index (χ1) is 10.1. The molecule has 0 aromatic heterocycles. The SMILES string of the molecule is CC1CCN(CCCNC(=O)C2CCC(C(=O)O)O2)CC1. The van der Waals surface area contributed by atoms with E-state index in [9.17, 15) is 9.59 Å². The topological polar surface area (TPSA) is 78.9 Å². The van der Waals surface area contributed by atoms with Gasteiger partial charge in [0.05, 0.1) is 0 Å². The van der Waals surface area contributed by atoms with Gasteiger partial charge in [0.1, 0.15) is 6.10 Å². The molecule has 0 spiro atoms. The summed E-state index contributed by atoms with van der Waals surface area (Å²) in [5.41, 5.74) is 0. The van der Waals surface area contributed by atoms with Crippen LogP contribution in [0.15, 0.2) is 0 Å². The molecule has 2 atom stereocenters. The number of nitrogens with one attached hydrogen (secondary N) is 1. The Morgan fingerprint density at radius 2 is 1.86 bits per heavy atom. The Labute approximate surface area is 125 Å². The molecule has 2 fully saturated rings. The smallest absolute Gasteiger partial charge is 0.332 e. The summed E-state index contributed by atoms with van der Waals surface area (Å²) >= 11 is 0. The first-order valence-electron chi connectivity index (χ1n) is 7.94. The van der Waals surface area contributed by atoms with Crippen molar-refractivity contribution in [3.05, 3.63) is 0 Å². The molecule has 2 aliphatic heterocycles. The van der Waals surface area contributed by atoms with Crippen molar-refractivity contribution in [2.45, 2.75) is 51.2 Å². The summed E-state index contributed by atoms with van der Waals surface area (Å²) in [6.07, 6.45) is 2.94. The summed E-state index contributed by atoms with van der Waals surface area (Å²) in [7, 11) is 0. The Bertz CT molecular complexity index is 367. The first-order valence-corrected chi connectivity index (χ1v) is 7.94. The average molecular weight is 298 g/mol. The van der Waals surface area contributed by atoms with E-state index in [1.165, 1.54) is 12.8 Å². The maximum atomic E-state index is 11.9. The molecule has 6 heteroatoms. The van der Waals surface area contributed by atoms with Crippen molar-refractivity contribution in [3.8, 4) is 0 Å². The van der Waals surface area contributed by atoms with Crippen LogP contribution in [-0.2, 0) is 14.3 Å². The third-order valence-electron chi connectivity index (χ3n) is 4.41. The summed E-state index contributed by atoms with van der Waals surface area (Å²) in [6.45, 7) is 6.24. The number of carbonyl (C=O) groups excluding carboxylic acids is 1. The third kappa shape index (κ3) is 4.97. The Hall–Kier alpha value is -1.14. The summed E-state index contributed by atoms with van der Waals surface area (Å²) in [5.74, 6) is -0.321. The first kappa shape index (κ1) is 16.2. The predicted octanol–water partition coefficient (Wildman–Crippen LogP) is 0.857. The molecule has 2 unspecified atom stereocenters. The Balaban J connectivity index is 1.56. The van der Waals surface area contributed by atoms with E-state index in [4.69, 9.17) is 9.84 Å². The van der Waals surface area contributed by atoms with Crippen LogP contribution in [0.3, 0.4) is 0 Å². The molecular weight excluding hydrogens is 272 g/mol. The second-order valence-electron chi connectivity index (χ2n) is 6.20. The molecule has 0 radical (unpaired) electrons. The van der Waals surface area contributed by atoms with Crippen LogP contribution in [0.25, 0.3) is 0 Å². The van der Waals surface area contributed by atoms with Crippen LogP contribution < -0.4 is 5.32 Å². The number of ether oxygens (including phenoxy) is 1. The van der Waals surface area contributed by atoms with Crippen molar-refractivity contribution < 1.29 is 19.4 Å². The number of hydrogen-bond donors (Lipinski definition) is 2. The fraction of sp³-hybridized carbons (Fsp3) is 0.867. The van der Waals surface area contributed by atoms with Gasteiger partial charge in [-0.3, -0.25) is 4.79 Å². The zero-order valence-corrected chi connectivity index (χ0v) is 12.7. The predicted molar refractivity (Wildman–Crippen MR) is 78.0 cm³/mol. The lowest BCUT2D eigenvalue weighted by molar-refractivity contribution is -0.151. The molecule has 2 rings (SSSR count). The molecule has 6 nitrogen and oxygen atoms in total. The molecule has 2 N–H and O–H groups in total. The summed E-state index contributed by atoms with van der Waals surface area (Å²) in [4.78, 5) is 25.1. The highest BCUT2D eigenvalue weighted by Crippen LogP contribution is 2.20. The van der Waals surface area contributed by atoms with Crippen LogP contribution in [-0.4, -0.2) is 60.3 Å². The highest BCUT2D eigenvalue weighted by molar-refractivity contribution is 5.82. The zero-order chi connectivity index (χ0) is 15.2. The van der Waals surface area contributed by atoms with Crippen molar-refractivity contribution in [2.24, 2.45) is 5.92 Å². The molecule has 2 aliphatic rings. The van der Waals surface area contributed by atoms with E-state index in [-0.39, 0.29) is 5.91 Å². The fourth-order valence-corrected chi connectivity index (χ4v) is 2.93. The number of carboxylic acid groups (broad SMARTS) is 1. The number of aliphatic carboxylic acids is 1. The molecule has 120 valence electrons. The van der Waals surface area contributed by atoms with Crippen molar-refractivity contribution >= 4 is 11.9 Å². The lowest BCUT2D eigenvalue weighted by atomic mass is 9.99. The molecular formula is C15H26N2O4. The molecule has 0 aromatic rings. The van der Waals surface area contributed by atoms with Crippen LogP contribution in [0.5, 0.6) is 0 Å². The third-order valence-corrected chi connectivity index (χ3v) is 4.41. The fourth-order valence-electron chi connectivity index (χ4n) is 2.93. The molecule has 2 saturated heterocycles. The molecule has 2 heterocycles. The standard InChI is InChI=1S/C15H26N2O4/c1-11-5-9-17(10-6-11)8-2-7-16-14(18)12-3-4-13(21-12)15(19)20/h11-13H,2-10H2,1H3,(H,16,18)(H,19,20). The van der Waals surface area contributed by atoms with Crippen LogP contribution in [0, 0.1) is 5.92 Å². The van der Waals surface area contributed by atoms with Gasteiger partial charge in [0, 0.05) is 6.54 Å². The minimum absolute atomic E-state index is 0.175. The number of carbonyl (C=O) groups is 2. The van der Waals surface area contributed by atoms with E-state index < -0.39 is 18.2 Å². The second kappa shape index (κ2) is 7.75. The molecule has 0 bridgehead atoms. The molecule has 21 heavy (non-hydrogen) atoms. The van der Waals surface area contributed by atoms with Gasteiger partial charge in [0.15, 0.2) is 6.10 Å². The van der Waals surface area contributed by atoms with Gasteiger partial charge >= 0.3 is 5.97 Å². The van der Waals surface area contributed by atoms with Gasteiger partial charge < -0.3 is 20.1 Å². The minimum Gasteiger partial charge on any atom is -0.479 e. The number of nitrogens with zero attached hydrogens (tertiary/aromatic N) is 1. The maximum absolute atomic E-state index is 11.9. The molecule has 1 amide bonds. The normalized spacial score (nSPS) is 27.7. The van der Waals surface area contributed by atoms with Crippen LogP contribution in [0.4, 0.5) is 0 Å². The summed E-state index contributed by atoms with van der Waals surface area (Å²) < 4.78 is 5.22. The van der Waals surface area contributed by atoms with E-state index in [0.717, 1.165) is 32.0 Å². The maximum Gasteiger partial charge on any atom is 0.332 e. The largest absolute Gasteiger partial charge is 0.479 e. The van der Waals surface area contributed by atoms with Crippen molar-refractivity contribution in [1.29, 1.82) is 0 Å². The van der Waals surface area contributed by atoms with Gasteiger partial charge in [0.25, 0.3) is 0 Å². The van der Waals surface area contributed by atoms with E-state index in [2.05, 4.69) is 17.1 Å². The molecule has 0 aromatic carbocycles. The monoisotopic (exact) mass is 298 g/mol. The van der Waals surface area contributed by atoms with Gasteiger partial charge in [0.2, 0.25) is 5.91 Å². The molecule has 0 saturated carbocycles. The van der Waals surface area contributed by atoms with Gasteiger partial charge in [-0.05, 0) is 57.7 Å². The summed E-state index contributed by atoms with van der Waals surface area (Å²) in [5, 5.41) is 11.7. The van der Waals surface area contributed by atoms with E-state index in [0.29, 0.717) is 19.4 Å². The minimum atomic E-state index is -0.982. The zero-order valence-electron chi connectivity index (χ0n) is 12.7. The molecule has 0 aliphatic carbocycles. The average Bonchev–Trinajstić information content (AvgIpc) is 2.95. The van der Waals surface area contributed by atoms with Gasteiger partial charge in [-0.25, -0.2) is 4.79 Å². The van der Waals surface area contributed by atoms with Crippen molar-refractivity contribution in [1.82, 2.24) is 10.2 Å². The van der Waals surface area contributed by atoms with Crippen molar-refractivity contribution in [2.75, 3.05) is 26.2 Å². The second-order valence-corrected chi connectivity index (χ2v) is 6.20. The highest BCUT2D eigenvalue weighted by atomic mass is 16.5. The van der Waals surface area contributed by atoms with Gasteiger partial charge in [-0.2, -0.15) is 0 Å². The Morgan fingerprint density at radius 3 is 2.48 bits per heavy atom. The highest BCUT2D eigenvalue weighted by Gasteiger charge is 2.34. The number of carboxylic acids is 1. The number of likely N-dealkylation sites (tertiary alicyclic amines) is 1. The van der Waals surface area contributed by atoms with E-state index in [1.54, 1.807) is 0 Å². The van der Waals surface area contributed by atoms with E-state index in [1.807, 2.05) is 0 Å². The Kier molecular flexibility index (Phi) is 5.99. The van der Waals surface area contributed by atoms with Crippen LogP contribution in [0.1, 0.15) is 39.0 Å². The van der Waals surface area contributed by atoms with Crippen molar-refractivity contribution in [3.63, 3.8) is 0 Å². The lowest BCUT2D eigenvalue weighted by Crippen LogP contribution is -2.38. The number of rotatable bonds is 6. The van der Waals surface area contributed by atoms with E-state index >= 15 is 0 Å². The van der Waals surface area contributed by atoms with Gasteiger partial charge in [-0.1, -0.05) is 6.92 Å². The summed E-state index contributed by atoms with van der Waals surface area (Å²) in [6, 6.07) is 0. The number of hydrogen-bond acceptors (Lipinski definition) is 4.